The summed E-state index contributed by atoms with van der Waals surface area (Å²) < 4.78 is 0. The summed E-state index contributed by atoms with van der Waals surface area (Å²) >= 11 is 7.51. The van der Waals surface area contributed by atoms with Gasteiger partial charge in [-0.05, 0) is 11.6 Å². The number of rotatable bonds is 4. The molecule has 3 heterocycles. The van der Waals surface area contributed by atoms with Crippen molar-refractivity contribution < 1.29 is 0 Å². The molecule has 3 aromatic rings. The first-order valence-corrected chi connectivity index (χ1v) is 6.99. The minimum atomic E-state index is 0.184. The maximum atomic E-state index is 5.87. The van der Waals surface area contributed by atoms with Crippen LogP contribution < -0.4 is 5.32 Å². The van der Waals surface area contributed by atoms with E-state index >= 15 is 0 Å². The molecule has 0 fully saturated rings. The number of fused-ring (bicyclic) bond motifs is 1. The van der Waals surface area contributed by atoms with E-state index in [-0.39, 0.29) is 5.28 Å². The zero-order chi connectivity index (χ0) is 13.2. The molecule has 0 spiro atoms. The number of hydrogen-bond acceptors (Lipinski definition) is 6. The summed E-state index contributed by atoms with van der Waals surface area (Å²) in [5, 5.41) is 6.51. The van der Waals surface area contributed by atoms with Crippen LogP contribution in [0.4, 0.5) is 5.82 Å². The van der Waals surface area contributed by atoms with Crippen LogP contribution in [-0.4, -0.2) is 31.5 Å². The Morgan fingerprint density at radius 1 is 1.42 bits per heavy atom. The second kappa shape index (κ2) is 5.10. The van der Waals surface area contributed by atoms with Crippen LogP contribution >= 0.6 is 22.9 Å². The molecule has 0 saturated heterocycles. The van der Waals surface area contributed by atoms with E-state index in [2.05, 4.69) is 37.2 Å². The van der Waals surface area contributed by atoms with E-state index in [1.807, 2.05) is 11.6 Å². The summed E-state index contributed by atoms with van der Waals surface area (Å²) in [5.74, 6) is 0.961. The number of thiazole rings is 1. The molecule has 0 aliphatic rings. The minimum absolute atomic E-state index is 0.184. The third kappa shape index (κ3) is 2.52. The lowest BCUT2D eigenvalue weighted by molar-refractivity contribution is 0.792. The number of hydrogen-bond donors (Lipinski definition) is 2. The molecule has 0 aliphatic heterocycles. The van der Waals surface area contributed by atoms with Crippen molar-refractivity contribution in [3.8, 4) is 0 Å². The molecule has 3 aromatic heterocycles. The van der Waals surface area contributed by atoms with Crippen LogP contribution in [0.1, 0.15) is 17.8 Å². The van der Waals surface area contributed by atoms with Crippen LogP contribution in [0.3, 0.4) is 0 Å². The number of anilines is 1. The lowest BCUT2D eigenvalue weighted by Crippen LogP contribution is -2.11. The van der Waals surface area contributed by atoms with Crippen molar-refractivity contribution in [2.75, 3.05) is 11.9 Å². The van der Waals surface area contributed by atoms with Gasteiger partial charge in [-0.15, -0.1) is 11.3 Å². The molecule has 0 aliphatic carbocycles. The molecule has 1 unspecified atom stereocenters. The van der Waals surface area contributed by atoms with Gasteiger partial charge in [-0.2, -0.15) is 9.97 Å². The van der Waals surface area contributed by atoms with Crippen molar-refractivity contribution in [3.05, 3.63) is 28.2 Å². The summed E-state index contributed by atoms with van der Waals surface area (Å²) in [6.45, 7) is 2.83. The molecule has 1 atom stereocenters. The molecule has 0 aromatic carbocycles. The van der Waals surface area contributed by atoms with Crippen molar-refractivity contribution >= 4 is 39.9 Å². The zero-order valence-electron chi connectivity index (χ0n) is 10.1. The molecule has 0 radical (unpaired) electrons. The van der Waals surface area contributed by atoms with E-state index < -0.39 is 0 Å². The largest absolute Gasteiger partial charge is 0.367 e. The monoisotopic (exact) mass is 294 g/mol. The fourth-order valence-electron chi connectivity index (χ4n) is 1.75. The quantitative estimate of drug-likeness (QED) is 0.723. The predicted molar refractivity (Wildman–Crippen MR) is 75.7 cm³/mol. The number of imidazole rings is 1. The third-order valence-electron chi connectivity index (χ3n) is 2.71. The fourth-order valence-corrected chi connectivity index (χ4v) is 2.61. The van der Waals surface area contributed by atoms with E-state index in [1.165, 1.54) is 0 Å². The Labute approximate surface area is 118 Å². The van der Waals surface area contributed by atoms with Crippen LogP contribution in [0.5, 0.6) is 0 Å². The zero-order valence-corrected chi connectivity index (χ0v) is 11.7. The van der Waals surface area contributed by atoms with E-state index in [1.54, 1.807) is 17.7 Å². The summed E-state index contributed by atoms with van der Waals surface area (Å²) in [5.41, 5.74) is 1.32. The SMILES string of the molecule is CC(CNc1nc(Cl)nc2nc[nH]c12)c1nccs1. The highest BCUT2D eigenvalue weighted by atomic mass is 35.5. The van der Waals surface area contributed by atoms with E-state index in [9.17, 15) is 0 Å². The number of aromatic amines is 1. The molecular weight excluding hydrogens is 284 g/mol. The van der Waals surface area contributed by atoms with Gasteiger partial charge < -0.3 is 10.3 Å². The molecule has 2 N–H and O–H groups in total. The smallest absolute Gasteiger partial charge is 0.226 e. The summed E-state index contributed by atoms with van der Waals surface area (Å²) in [6.07, 6.45) is 3.39. The average Bonchev–Trinajstić information content (AvgIpc) is 3.05. The summed E-state index contributed by atoms with van der Waals surface area (Å²) in [6, 6.07) is 0. The van der Waals surface area contributed by atoms with Crippen molar-refractivity contribution in [1.82, 2.24) is 24.9 Å². The highest BCUT2D eigenvalue weighted by Crippen LogP contribution is 2.21. The highest BCUT2D eigenvalue weighted by molar-refractivity contribution is 7.09. The molecule has 98 valence electrons. The Hall–Kier alpha value is -1.73. The molecule has 19 heavy (non-hydrogen) atoms. The van der Waals surface area contributed by atoms with Gasteiger partial charge in [-0.1, -0.05) is 6.92 Å². The van der Waals surface area contributed by atoms with Gasteiger partial charge >= 0.3 is 0 Å². The Morgan fingerprint density at radius 2 is 2.32 bits per heavy atom. The number of H-pyrrole nitrogens is 1. The van der Waals surface area contributed by atoms with Gasteiger partial charge in [0.2, 0.25) is 5.28 Å². The predicted octanol–water partition coefficient (Wildman–Crippen LogP) is 2.68. The van der Waals surface area contributed by atoms with Gasteiger partial charge in [-0.25, -0.2) is 9.97 Å². The first-order valence-electron chi connectivity index (χ1n) is 5.74. The molecular formula is C11H11ClN6S. The first kappa shape index (κ1) is 12.3. The van der Waals surface area contributed by atoms with Crippen LogP contribution in [0.25, 0.3) is 11.2 Å². The number of nitrogens with one attached hydrogen (secondary N) is 2. The second-order valence-electron chi connectivity index (χ2n) is 4.09. The lowest BCUT2D eigenvalue weighted by atomic mass is 10.2. The maximum Gasteiger partial charge on any atom is 0.226 e. The first-order chi connectivity index (χ1) is 9.24. The Bertz CT molecular complexity index is 680. The van der Waals surface area contributed by atoms with Crippen LogP contribution in [0.2, 0.25) is 5.28 Å². The van der Waals surface area contributed by atoms with E-state index in [4.69, 9.17) is 11.6 Å². The van der Waals surface area contributed by atoms with Gasteiger partial charge in [-0.3, -0.25) is 0 Å². The maximum absolute atomic E-state index is 5.87. The van der Waals surface area contributed by atoms with Crippen LogP contribution in [0, 0.1) is 0 Å². The van der Waals surface area contributed by atoms with Gasteiger partial charge in [0.25, 0.3) is 0 Å². The van der Waals surface area contributed by atoms with Crippen LogP contribution in [0.15, 0.2) is 17.9 Å². The molecule has 0 amide bonds. The minimum Gasteiger partial charge on any atom is -0.367 e. The average molecular weight is 295 g/mol. The van der Waals surface area contributed by atoms with Gasteiger partial charge in [0.1, 0.15) is 5.52 Å². The number of aromatic nitrogens is 5. The third-order valence-corrected chi connectivity index (χ3v) is 3.88. The Balaban J connectivity index is 1.80. The Kier molecular flexibility index (Phi) is 3.31. The summed E-state index contributed by atoms with van der Waals surface area (Å²) in [7, 11) is 0. The van der Waals surface area contributed by atoms with Gasteiger partial charge in [0.05, 0.1) is 11.3 Å². The second-order valence-corrected chi connectivity index (χ2v) is 5.36. The lowest BCUT2D eigenvalue weighted by Gasteiger charge is -2.11. The molecule has 3 rings (SSSR count). The topological polar surface area (TPSA) is 79.4 Å². The highest BCUT2D eigenvalue weighted by Gasteiger charge is 2.12. The van der Waals surface area contributed by atoms with Crippen LogP contribution in [-0.2, 0) is 0 Å². The fraction of sp³-hybridized carbons (Fsp3) is 0.273. The summed E-state index contributed by atoms with van der Waals surface area (Å²) in [4.78, 5) is 19.6. The molecule has 0 bridgehead atoms. The molecule has 8 heteroatoms. The van der Waals surface area contributed by atoms with Crippen molar-refractivity contribution in [3.63, 3.8) is 0 Å². The van der Waals surface area contributed by atoms with Gasteiger partial charge in [0.15, 0.2) is 11.5 Å². The van der Waals surface area contributed by atoms with Gasteiger partial charge in [0, 0.05) is 24.0 Å². The van der Waals surface area contributed by atoms with Crippen molar-refractivity contribution in [1.29, 1.82) is 0 Å². The number of halogens is 1. The Morgan fingerprint density at radius 3 is 3.11 bits per heavy atom. The van der Waals surface area contributed by atoms with Crippen molar-refractivity contribution in [2.24, 2.45) is 0 Å². The molecule has 0 saturated carbocycles. The molecule has 6 nitrogen and oxygen atoms in total. The number of nitrogens with zero attached hydrogens (tertiary/aromatic N) is 4. The normalized spacial score (nSPS) is 12.7. The van der Waals surface area contributed by atoms with Crippen molar-refractivity contribution in [2.45, 2.75) is 12.8 Å². The standard InChI is InChI=1S/C11H11ClN6S/c1-6(10-13-2-3-19-10)4-14-8-7-9(16-5-15-7)18-11(12)17-8/h2-3,5-6H,4H2,1H3,(H2,14,15,16,17,18). The van der Waals surface area contributed by atoms with E-state index in [0.29, 0.717) is 17.4 Å². The van der Waals surface area contributed by atoms with E-state index in [0.717, 1.165) is 17.1 Å².